The molecule has 0 aromatic carbocycles. The Kier molecular flexibility index (Phi) is 3.64. The highest BCUT2D eigenvalue weighted by molar-refractivity contribution is 5.61. The molecule has 0 heterocycles. The van der Waals surface area contributed by atoms with Gasteiger partial charge in [-0.15, -0.1) is 0 Å². The number of ether oxygens (including phenoxy) is 2. The van der Waals surface area contributed by atoms with Crippen molar-refractivity contribution in [1.82, 2.24) is 0 Å². The summed E-state index contributed by atoms with van der Waals surface area (Å²) in [6.45, 7) is 2.13. The average molecular weight is 170 g/mol. The molecule has 0 amide bonds. The molecule has 1 aliphatic carbocycles. The SMILES string of the molecule is CCOC(=O)OC1=CCCCC1. The number of carbonyl (C=O) groups is 1. The highest BCUT2D eigenvalue weighted by Gasteiger charge is 2.09. The Morgan fingerprint density at radius 1 is 1.58 bits per heavy atom. The van der Waals surface area contributed by atoms with Crippen LogP contribution < -0.4 is 0 Å². The van der Waals surface area contributed by atoms with E-state index >= 15 is 0 Å². The molecule has 1 aliphatic rings. The fourth-order valence-electron chi connectivity index (χ4n) is 1.16. The monoisotopic (exact) mass is 170 g/mol. The van der Waals surface area contributed by atoms with Crippen LogP contribution in [0.4, 0.5) is 4.79 Å². The van der Waals surface area contributed by atoms with Crippen molar-refractivity contribution in [1.29, 1.82) is 0 Å². The zero-order valence-corrected chi connectivity index (χ0v) is 7.34. The Hall–Kier alpha value is -0.990. The molecule has 0 unspecified atom stereocenters. The van der Waals surface area contributed by atoms with Gasteiger partial charge in [0.05, 0.1) is 6.61 Å². The average Bonchev–Trinajstić information content (AvgIpc) is 2.06. The van der Waals surface area contributed by atoms with E-state index in [9.17, 15) is 4.79 Å². The lowest BCUT2D eigenvalue weighted by molar-refractivity contribution is 0.0782. The largest absolute Gasteiger partial charge is 0.513 e. The van der Waals surface area contributed by atoms with E-state index in [0.717, 1.165) is 25.0 Å². The van der Waals surface area contributed by atoms with E-state index in [1.54, 1.807) is 6.92 Å². The lowest BCUT2D eigenvalue weighted by Crippen LogP contribution is -2.08. The Labute approximate surface area is 72.4 Å². The first-order chi connectivity index (χ1) is 5.83. The number of hydrogen-bond donors (Lipinski definition) is 0. The van der Waals surface area contributed by atoms with Crippen LogP contribution in [-0.2, 0) is 9.47 Å². The van der Waals surface area contributed by atoms with Gasteiger partial charge in [-0.3, -0.25) is 0 Å². The number of hydrogen-bond acceptors (Lipinski definition) is 3. The topological polar surface area (TPSA) is 35.5 Å². The highest BCUT2D eigenvalue weighted by atomic mass is 16.7. The lowest BCUT2D eigenvalue weighted by Gasteiger charge is -2.11. The minimum atomic E-state index is -0.578. The number of rotatable bonds is 2. The molecule has 0 aromatic rings. The summed E-state index contributed by atoms with van der Waals surface area (Å²) in [4.78, 5) is 10.8. The van der Waals surface area contributed by atoms with Crippen molar-refractivity contribution >= 4 is 6.16 Å². The summed E-state index contributed by atoms with van der Waals surface area (Å²) in [6, 6.07) is 0. The first-order valence-electron chi connectivity index (χ1n) is 4.36. The van der Waals surface area contributed by atoms with Gasteiger partial charge in [-0.1, -0.05) is 0 Å². The van der Waals surface area contributed by atoms with E-state index in [1.165, 1.54) is 6.42 Å². The summed E-state index contributed by atoms with van der Waals surface area (Å²) in [5.74, 6) is 0.764. The third kappa shape index (κ3) is 2.95. The molecule has 3 heteroatoms. The Morgan fingerprint density at radius 2 is 2.42 bits per heavy atom. The number of carbonyl (C=O) groups excluding carboxylic acids is 1. The molecule has 0 saturated heterocycles. The fourth-order valence-corrected chi connectivity index (χ4v) is 1.16. The molecular weight excluding hydrogens is 156 g/mol. The summed E-state index contributed by atoms with van der Waals surface area (Å²) in [6.07, 6.45) is 5.54. The zero-order valence-electron chi connectivity index (χ0n) is 7.34. The Balaban J connectivity index is 2.29. The summed E-state index contributed by atoms with van der Waals surface area (Å²) in [5, 5.41) is 0. The summed E-state index contributed by atoms with van der Waals surface area (Å²) < 4.78 is 9.57. The smallest absolute Gasteiger partial charge is 0.434 e. The second-order valence-corrected chi connectivity index (χ2v) is 2.70. The van der Waals surface area contributed by atoms with Crippen molar-refractivity contribution in [3.63, 3.8) is 0 Å². The van der Waals surface area contributed by atoms with Crippen LogP contribution in [0.1, 0.15) is 32.6 Å². The van der Waals surface area contributed by atoms with Crippen molar-refractivity contribution in [3.8, 4) is 0 Å². The maximum atomic E-state index is 10.8. The molecule has 68 valence electrons. The van der Waals surface area contributed by atoms with E-state index in [2.05, 4.69) is 4.74 Å². The van der Waals surface area contributed by atoms with Gasteiger partial charge in [0.2, 0.25) is 0 Å². The van der Waals surface area contributed by atoms with Crippen LogP contribution >= 0.6 is 0 Å². The van der Waals surface area contributed by atoms with E-state index in [1.807, 2.05) is 6.08 Å². The first kappa shape index (κ1) is 9.10. The van der Waals surface area contributed by atoms with E-state index < -0.39 is 6.16 Å². The third-order valence-corrected chi connectivity index (χ3v) is 1.73. The Bertz CT molecular complexity index is 184. The fraction of sp³-hybridized carbons (Fsp3) is 0.667. The van der Waals surface area contributed by atoms with Gasteiger partial charge in [-0.2, -0.15) is 0 Å². The van der Waals surface area contributed by atoms with Crippen LogP contribution in [0, 0.1) is 0 Å². The molecule has 3 nitrogen and oxygen atoms in total. The van der Waals surface area contributed by atoms with Crippen LogP contribution in [-0.4, -0.2) is 12.8 Å². The maximum absolute atomic E-state index is 10.8. The number of allylic oxidation sites excluding steroid dienone is 2. The first-order valence-corrected chi connectivity index (χ1v) is 4.36. The van der Waals surface area contributed by atoms with Gasteiger partial charge >= 0.3 is 6.16 Å². The van der Waals surface area contributed by atoms with Crippen LogP contribution in [0.25, 0.3) is 0 Å². The second-order valence-electron chi connectivity index (χ2n) is 2.70. The molecule has 12 heavy (non-hydrogen) atoms. The maximum Gasteiger partial charge on any atom is 0.513 e. The summed E-state index contributed by atoms with van der Waals surface area (Å²) in [7, 11) is 0. The molecule has 0 spiro atoms. The Morgan fingerprint density at radius 3 is 3.00 bits per heavy atom. The van der Waals surface area contributed by atoms with Gasteiger partial charge in [0, 0.05) is 6.42 Å². The van der Waals surface area contributed by atoms with Crippen molar-refractivity contribution in [2.75, 3.05) is 6.61 Å². The van der Waals surface area contributed by atoms with Gasteiger partial charge in [0.15, 0.2) is 0 Å². The minimum Gasteiger partial charge on any atom is -0.434 e. The van der Waals surface area contributed by atoms with Crippen molar-refractivity contribution < 1.29 is 14.3 Å². The highest BCUT2D eigenvalue weighted by Crippen LogP contribution is 2.18. The van der Waals surface area contributed by atoms with Gasteiger partial charge in [-0.05, 0) is 32.3 Å². The van der Waals surface area contributed by atoms with Gasteiger partial charge in [-0.25, -0.2) is 4.79 Å². The minimum absolute atomic E-state index is 0.367. The third-order valence-electron chi connectivity index (χ3n) is 1.73. The quantitative estimate of drug-likeness (QED) is 0.597. The molecule has 0 fully saturated rings. The normalized spacial score (nSPS) is 16.6. The van der Waals surface area contributed by atoms with Gasteiger partial charge in [0.25, 0.3) is 0 Å². The second kappa shape index (κ2) is 4.80. The predicted octanol–water partition coefficient (Wildman–Crippen LogP) is 2.62. The van der Waals surface area contributed by atoms with E-state index in [0.29, 0.717) is 6.61 Å². The van der Waals surface area contributed by atoms with Crippen LogP contribution in [0.2, 0.25) is 0 Å². The molecule has 1 rings (SSSR count). The zero-order chi connectivity index (χ0) is 8.81. The summed E-state index contributed by atoms with van der Waals surface area (Å²) >= 11 is 0. The molecule has 0 aromatic heterocycles. The predicted molar refractivity (Wildman–Crippen MR) is 44.7 cm³/mol. The van der Waals surface area contributed by atoms with E-state index in [4.69, 9.17) is 4.74 Å². The standard InChI is InChI=1S/C9H14O3/c1-2-11-9(10)12-8-6-4-3-5-7-8/h6H,2-5,7H2,1H3. The van der Waals surface area contributed by atoms with Crippen LogP contribution in [0.15, 0.2) is 11.8 Å². The molecule has 0 N–H and O–H groups in total. The van der Waals surface area contributed by atoms with E-state index in [-0.39, 0.29) is 0 Å². The molecule has 0 bridgehead atoms. The van der Waals surface area contributed by atoms with Crippen molar-refractivity contribution in [3.05, 3.63) is 11.8 Å². The van der Waals surface area contributed by atoms with Crippen LogP contribution in [0.5, 0.6) is 0 Å². The molecular formula is C9H14O3. The summed E-state index contributed by atoms with van der Waals surface area (Å²) in [5.41, 5.74) is 0. The van der Waals surface area contributed by atoms with Crippen molar-refractivity contribution in [2.24, 2.45) is 0 Å². The van der Waals surface area contributed by atoms with Crippen molar-refractivity contribution in [2.45, 2.75) is 32.6 Å². The molecule has 0 atom stereocenters. The molecule has 0 radical (unpaired) electrons. The van der Waals surface area contributed by atoms with Crippen LogP contribution in [0.3, 0.4) is 0 Å². The van der Waals surface area contributed by atoms with Gasteiger partial charge in [0.1, 0.15) is 5.76 Å². The molecule has 0 aliphatic heterocycles. The van der Waals surface area contributed by atoms with Gasteiger partial charge < -0.3 is 9.47 Å². The molecule has 0 saturated carbocycles. The lowest BCUT2D eigenvalue weighted by atomic mass is 10.1.